The summed E-state index contributed by atoms with van der Waals surface area (Å²) in [5, 5.41) is 0.158. The average Bonchev–Trinajstić information content (AvgIpc) is 2.74. The number of anilines is 2. The number of sulfonamides is 1. The van der Waals surface area contributed by atoms with Gasteiger partial charge in [-0.2, -0.15) is 13.2 Å². The lowest BCUT2D eigenvalue weighted by molar-refractivity contribution is -0.137. The van der Waals surface area contributed by atoms with Gasteiger partial charge in [0.1, 0.15) is 17.5 Å². The first kappa shape index (κ1) is 22.3. The van der Waals surface area contributed by atoms with Gasteiger partial charge in [-0.05, 0) is 35.9 Å². The highest BCUT2D eigenvalue weighted by Gasteiger charge is 2.30. The Morgan fingerprint density at radius 2 is 1.76 bits per heavy atom. The van der Waals surface area contributed by atoms with Crippen LogP contribution in [0.2, 0.25) is 0 Å². The van der Waals surface area contributed by atoms with E-state index in [0.29, 0.717) is 5.69 Å². The molecule has 0 saturated carbocycles. The van der Waals surface area contributed by atoms with Crippen LogP contribution >= 0.6 is 0 Å². The van der Waals surface area contributed by atoms with Crippen LogP contribution in [0.25, 0.3) is 16.7 Å². The zero-order valence-electron chi connectivity index (χ0n) is 16.7. The lowest BCUT2D eigenvalue weighted by atomic mass is 10.1. The number of nitrogen functional groups attached to an aromatic ring is 1. The van der Waals surface area contributed by atoms with Gasteiger partial charge in [0.2, 0.25) is 10.0 Å². The van der Waals surface area contributed by atoms with Crippen molar-refractivity contribution in [1.82, 2.24) is 14.5 Å². The van der Waals surface area contributed by atoms with Crippen LogP contribution in [0.1, 0.15) is 11.1 Å². The smallest absolute Gasteiger partial charge is 0.383 e. The van der Waals surface area contributed by atoms with E-state index in [4.69, 9.17) is 5.73 Å². The van der Waals surface area contributed by atoms with Gasteiger partial charge in [-0.15, -0.1) is 0 Å². The summed E-state index contributed by atoms with van der Waals surface area (Å²) in [6.07, 6.45) is -1.83. The molecule has 170 valence electrons. The normalized spacial score (nSPS) is 12.1. The summed E-state index contributed by atoms with van der Waals surface area (Å²) in [7, 11) is -3.98. The van der Waals surface area contributed by atoms with E-state index in [2.05, 4.69) is 14.7 Å². The number of pyridine rings is 1. The lowest BCUT2D eigenvalue weighted by Crippen LogP contribution is -2.16. The minimum absolute atomic E-state index is 0.00551. The highest BCUT2D eigenvalue weighted by atomic mass is 32.2. The molecule has 4 aromatic rings. The number of hydrogen-bond acceptors (Lipinski definition) is 6. The van der Waals surface area contributed by atoms with E-state index in [9.17, 15) is 26.4 Å². The Labute approximate surface area is 185 Å². The van der Waals surface area contributed by atoms with Crippen molar-refractivity contribution >= 4 is 32.6 Å². The molecule has 3 N–H and O–H groups in total. The van der Waals surface area contributed by atoms with E-state index < -0.39 is 27.5 Å². The molecule has 0 atom stereocenters. The molecular weight excluding hydrogens is 459 g/mol. The summed E-state index contributed by atoms with van der Waals surface area (Å²) in [5.74, 6) is -0.586. The Hall–Kier alpha value is -3.93. The molecule has 0 saturated heterocycles. The van der Waals surface area contributed by atoms with Crippen molar-refractivity contribution in [3.05, 3.63) is 88.5 Å². The molecule has 8 nitrogen and oxygen atoms in total. The summed E-state index contributed by atoms with van der Waals surface area (Å²) in [4.78, 5) is 20.0. The summed E-state index contributed by atoms with van der Waals surface area (Å²) in [5.41, 5.74) is 5.61. The number of nitrogens with one attached hydrogen (secondary N) is 1. The molecule has 0 aliphatic heterocycles. The van der Waals surface area contributed by atoms with Gasteiger partial charge in [-0.3, -0.25) is 9.52 Å². The van der Waals surface area contributed by atoms with Crippen LogP contribution in [0.4, 0.5) is 24.7 Å². The van der Waals surface area contributed by atoms with Crippen LogP contribution in [0.15, 0.2) is 71.9 Å². The van der Waals surface area contributed by atoms with Crippen molar-refractivity contribution < 1.29 is 21.6 Å². The van der Waals surface area contributed by atoms with E-state index in [0.717, 1.165) is 18.2 Å². The Kier molecular flexibility index (Phi) is 5.54. The third kappa shape index (κ3) is 4.80. The topological polar surface area (TPSA) is 120 Å². The maximum atomic E-state index is 12.9. The first-order valence-corrected chi connectivity index (χ1v) is 11.1. The van der Waals surface area contributed by atoms with Gasteiger partial charge in [-0.25, -0.2) is 18.4 Å². The molecule has 0 unspecified atom stereocenters. The number of halogens is 3. The minimum Gasteiger partial charge on any atom is -0.383 e. The van der Waals surface area contributed by atoms with Gasteiger partial charge in [0.05, 0.1) is 11.3 Å². The first-order chi connectivity index (χ1) is 15.5. The summed E-state index contributed by atoms with van der Waals surface area (Å²) in [6, 6.07) is 11.6. The largest absolute Gasteiger partial charge is 0.416 e. The Bertz CT molecular complexity index is 1500. The van der Waals surface area contributed by atoms with Crippen molar-refractivity contribution in [2.24, 2.45) is 0 Å². The molecule has 33 heavy (non-hydrogen) atoms. The van der Waals surface area contributed by atoms with Crippen molar-refractivity contribution in [2.75, 3.05) is 10.5 Å². The van der Waals surface area contributed by atoms with Gasteiger partial charge in [-0.1, -0.05) is 18.2 Å². The van der Waals surface area contributed by atoms with Crippen molar-refractivity contribution in [3.8, 4) is 5.69 Å². The fraction of sp³-hybridized carbons (Fsp3) is 0.0952. The molecular formula is C21H16F3N5O3S. The van der Waals surface area contributed by atoms with Gasteiger partial charge in [0.15, 0.2) is 11.1 Å². The third-order valence-corrected chi connectivity index (χ3v) is 6.00. The second kappa shape index (κ2) is 8.20. The predicted octanol–water partition coefficient (Wildman–Crippen LogP) is 3.32. The number of nitrogens with zero attached hydrogens (tertiary/aromatic N) is 3. The Balaban J connectivity index is 1.57. The van der Waals surface area contributed by atoms with Crippen LogP contribution in [-0.4, -0.2) is 23.0 Å². The Morgan fingerprint density at radius 1 is 1.03 bits per heavy atom. The quantitative estimate of drug-likeness (QED) is 0.457. The highest BCUT2D eigenvalue weighted by Crippen LogP contribution is 2.30. The molecule has 0 amide bonds. The van der Waals surface area contributed by atoms with Crippen LogP contribution in [0.3, 0.4) is 0 Å². The van der Waals surface area contributed by atoms with E-state index in [1.165, 1.54) is 36.8 Å². The lowest BCUT2D eigenvalue weighted by Gasteiger charge is -2.13. The summed E-state index contributed by atoms with van der Waals surface area (Å²) < 4.78 is 67.5. The van der Waals surface area contributed by atoms with E-state index >= 15 is 0 Å². The number of hydrogen-bond donors (Lipinski definition) is 2. The molecule has 0 aliphatic carbocycles. The van der Waals surface area contributed by atoms with Crippen LogP contribution in [0.5, 0.6) is 0 Å². The van der Waals surface area contributed by atoms with Crippen LogP contribution < -0.4 is 15.9 Å². The maximum Gasteiger partial charge on any atom is 0.416 e. The van der Waals surface area contributed by atoms with E-state index in [1.54, 1.807) is 16.7 Å². The standard InChI is InChI=1S/C21H16F3N5O3S/c22-21(23,24)14-3-1-2-13(10-14)11-33(31,32)28-15-4-6-16(7-5-15)29-9-8-17(30)18-19(25)26-12-27-20(18)29/h1-10,12,28H,11H2,(H2,25,26,27). The monoisotopic (exact) mass is 475 g/mol. The fourth-order valence-electron chi connectivity index (χ4n) is 3.28. The maximum absolute atomic E-state index is 12.9. The van der Waals surface area contributed by atoms with E-state index in [-0.39, 0.29) is 33.5 Å². The number of fused-ring (bicyclic) bond motifs is 1. The predicted molar refractivity (Wildman–Crippen MR) is 117 cm³/mol. The second-order valence-electron chi connectivity index (χ2n) is 7.11. The molecule has 4 rings (SSSR count). The second-order valence-corrected chi connectivity index (χ2v) is 8.84. The number of benzene rings is 2. The average molecular weight is 475 g/mol. The molecule has 0 bridgehead atoms. The zero-order valence-corrected chi connectivity index (χ0v) is 17.6. The van der Waals surface area contributed by atoms with Gasteiger partial charge in [0.25, 0.3) is 0 Å². The zero-order chi connectivity index (χ0) is 23.8. The minimum atomic E-state index is -4.56. The molecule has 2 aromatic carbocycles. The third-order valence-electron chi connectivity index (χ3n) is 4.74. The number of aromatic nitrogens is 3. The van der Waals surface area contributed by atoms with Crippen LogP contribution in [0, 0.1) is 0 Å². The number of rotatable bonds is 5. The fourth-order valence-corrected chi connectivity index (χ4v) is 4.46. The molecule has 2 heterocycles. The number of nitrogens with two attached hydrogens (primary N) is 1. The van der Waals surface area contributed by atoms with Gasteiger partial charge >= 0.3 is 6.18 Å². The Morgan fingerprint density at radius 3 is 2.45 bits per heavy atom. The molecule has 0 radical (unpaired) electrons. The summed E-state index contributed by atoms with van der Waals surface area (Å²) in [6.45, 7) is 0. The molecule has 2 aromatic heterocycles. The molecule has 0 aliphatic rings. The molecule has 0 fully saturated rings. The number of alkyl halides is 3. The molecule has 12 heteroatoms. The van der Waals surface area contributed by atoms with E-state index in [1.807, 2.05) is 0 Å². The van der Waals surface area contributed by atoms with Crippen molar-refractivity contribution in [1.29, 1.82) is 0 Å². The van der Waals surface area contributed by atoms with Crippen molar-refractivity contribution in [2.45, 2.75) is 11.9 Å². The van der Waals surface area contributed by atoms with Crippen molar-refractivity contribution in [3.63, 3.8) is 0 Å². The van der Waals surface area contributed by atoms with Gasteiger partial charge < -0.3 is 10.3 Å². The van der Waals surface area contributed by atoms with Gasteiger partial charge in [0, 0.05) is 23.6 Å². The first-order valence-electron chi connectivity index (χ1n) is 9.42. The molecule has 0 spiro atoms. The SMILES string of the molecule is Nc1ncnc2c1c(=O)ccn2-c1ccc(NS(=O)(=O)Cc2cccc(C(F)(F)F)c2)cc1. The van der Waals surface area contributed by atoms with Crippen LogP contribution in [-0.2, 0) is 22.0 Å². The summed E-state index contributed by atoms with van der Waals surface area (Å²) >= 11 is 0. The highest BCUT2D eigenvalue weighted by molar-refractivity contribution is 7.91.